The summed E-state index contributed by atoms with van der Waals surface area (Å²) >= 11 is 0. The highest BCUT2D eigenvalue weighted by Gasteiger charge is 2.28. The molecule has 2 heterocycles. The van der Waals surface area contributed by atoms with Crippen molar-refractivity contribution in [3.8, 4) is 0 Å². The number of aromatic nitrogens is 2. The Morgan fingerprint density at radius 1 is 1.42 bits per heavy atom. The van der Waals surface area contributed by atoms with E-state index in [1.54, 1.807) is 0 Å². The Labute approximate surface area is 112 Å². The third kappa shape index (κ3) is 3.76. The van der Waals surface area contributed by atoms with E-state index >= 15 is 0 Å². The highest BCUT2D eigenvalue weighted by molar-refractivity contribution is 5.73. The van der Waals surface area contributed by atoms with Gasteiger partial charge in [-0.15, -0.1) is 0 Å². The number of rotatable bonds is 4. The summed E-state index contributed by atoms with van der Waals surface area (Å²) in [6.07, 6.45) is 2.85. The third-order valence-corrected chi connectivity index (χ3v) is 3.32. The molecule has 1 aliphatic heterocycles. The van der Waals surface area contributed by atoms with Gasteiger partial charge in [-0.2, -0.15) is 4.98 Å². The van der Waals surface area contributed by atoms with E-state index in [-0.39, 0.29) is 5.91 Å². The summed E-state index contributed by atoms with van der Waals surface area (Å²) in [6, 6.07) is 0. The highest BCUT2D eigenvalue weighted by Crippen LogP contribution is 2.21. The van der Waals surface area contributed by atoms with Gasteiger partial charge < -0.3 is 14.6 Å². The van der Waals surface area contributed by atoms with Gasteiger partial charge >= 0.3 is 0 Å². The number of carbonyl (C=O) groups excluding carboxylic acids is 1. The Morgan fingerprint density at radius 2 is 2.11 bits per heavy atom. The van der Waals surface area contributed by atoms with Gasteiger partial charge in [-0.25, -0.2) is 0 Å². The van der Waals surface area contributed by atoms with Crippen LogP contribution in [0.5, 0.6) is 0 Å². The summed E-state index contributed by atoms with van der Waals surface area (Å²) in [6.45, 7) is 6.81. The lowest BCUT2D eigenvalue weighted by atomic mass is 9.96. The normalized spacial score (nSPS) is 17.4. The molecule has 1 fully saturated rings. The maximum absolute atomic E-state index is 11.1. The van der Waals surface area contributed by atoms with Crippen LogP contribution in [0.25, 0.3) is 0 Å². The number of carbonyl (C=O) groups is 1. The first-order chi connectivity index (χ1) is 8.97. The van der Waals surface area contributed by atoms with Gasteiger partial charge in [0.15, 0.2) is 5.82 Å². The van der Waals surface area contributed by atoms with E-state index in [1.807, 2.05) is 13.8 Å². The predicted molar refractivity (Wildman–Crippen MR) is 68.4 cm³/mol. The zero-order valence-corrected chi connectivity index (χ0v) is 11.7. The molecule has 0 spiro atoms. The molecule has 19 heavy (non-hydrogen) atoms. The Bertz CT molecular complexity index is 436. The summed E-state index contributed by atoms with van der Waals surface area (Å²) in [4.78, 5) is 15.5. The summed E-state index contributed by atoms with van der Waals surface area (Å²) < 4.78 is 10.6. The van der Waals surface area contributed by atoms with Crippen LogP contribution >= 0.6 is 0 Å². The molecule has 1 saturated heterocycles. The van der Waals surface area contributed by atoms with Crippen molar-refractivity contribution in [3.05, 3.63) is 11.7 Å². The lowest BCUT2D eigenvalue weighted by Gasteiger charge is -2.21. The van der Waals surface area contributed by atoms with Crippen LogP contribution in [0.1, 0.15) is 45.3 Å². The minimum Gasteiger partial charge on any atom is -0.381 e. The Morgan fingerprint density at radius 3 is 2.74 bits per heavy atom. The largest absolute Gasteiger partial charge is 0.381 e. The van der Waals surface area contributed by atoms with Gasteiger partial charge in [0.2, 0.25) is 11.8 Å². The fourth-order valence-corrected chi connectivity index (χ4v) is 2.29. The van der Waals surface area contributed by atoms with Crippen molar-refractivity contribution in [1.82, 2.24) is 15.5 Å². The van der Waals surface area contributed by atoms with Gasteiger partial charge in [0.25, 0.3) is 0 Å². The lowest BCUT2D eigenvalue weighted by Crippen LogP contribution is -2.40. The van der Waals surface area contributed by atoms with Crippen LogP contribution in [0.15, 0.2) is 4.52 Å². The molecule has 106 valence electrons. The van der Waals surface area contributed by atoms with Crippen molar-refractivity contribution in [2.75, 3.05) is 13.2 Å². The predicted octanol–water partition coefficient (Wildman–Crippen LogP) is 1.41. The Kier molecular flexibility index (Phi) is 4.19. The first-order valence-electron chi connectivity index (χ1n) is 6.67. The minimum atomic E-state index is -0.608. The second-order valence-corrected chi connectivity index (χ2v) is 5.58. The van der Waals surface area contributed by atoms with E-state index in [9.17, 15) is 4.79 Å². The fourth-order valence-electron chi connectivity index (χ4n) is 2.29. The van der Waals surface area contributed by atoms with E-state index < -0.39 is 5.54 Å². The van der Waals surface area contributed by atoms with Crippen molar-refractivity contribution >= 4 is 5.91 Å². The number of hydrogen-bond acceptors (Lipinski definition) is 5. The van der Waals surface area contributed by atoms with Gasteiger partial charge in [-0.05, 0) is 32.6 Å². The summed E-state index contributed by atoms with van der Waals surface area (Å²) in [5.41, 5.74) is -0.608. The second-order valence-electron chi connectivity index (χ2n) is 5.58. The maximum atomic E-state index is 11.1. The van der Waals surface area contributed by atoms with Gasteiger partial charge in [0, 0.05) is 26.6 Å². The average Bonchev–Trinajstić information content (AvgIpc) is 2.78. The molecule has 0 bridgehead atoms. The molecule has 6 nitrogen and oxygen atoms in total. The summed E-state index contributed by atoms with van der Waals surface area (Å²) in [5, 5.41) is 6.78. The second kappa shape index (κ2) is 5.69. The number of amides is 1. The third-order valence-electron chi connectivity index (χ3n) is 3.32. The van der Waals surface area contributed by atoms with Gasteiger partial charge in [-0.3, -0.25) is 4.79 Å². The van der Waals surface area contributed by atoms with Crippen molar-refractivity contribution < 1.29 is 14.1 Å². The van der Waals surface area contributed by atoms with Crippen molar-refractivity contribution in [3.63, 3.8) is 0 Å². The van der Waals surface area contributed by atoms with E-state index in [2.05, 4.69) is 15.5 Å². The molecule has 6 heteroatoms. The smallest absolute Gasteiger partial charge is 0.227 e. The molecular weight excluding hydrogens is 246 g/mol. The Hall–Kier alpha value is -1.43. The van der Waals surface area contributed by atoms with E-state index in [4.69, 9.17) is 9.26 Å². The quantitative estimate of drug-likeness (QED) is 0.892. The van der Waals surface area contributed by atoms with Crippen LogP contribution in [-0.2, 0) is 21.5 Å². The molecule has 1 aromatic rings. The van der Waals surface area contributed by atoms with Gasteiger partial charge in [0.1, 0.15) is 0 Å². The van der Waals surface area contributed by atoms with E-state index in [1.165, 1.54) is 6.92 Å². The molecule has 0 unspecified atom stereocenters. The standard InChI is InChI=1S/C13H21N3O3/c1-9(17)15-13(2,3)12-14-11(19-16-12)8-10-4-6-18-7-5-10/h10H,4-8H2,1-3H3,(H,15,17). The van der Waals surface area contributed by atoms with Crippen LogP contribution in [0.2, 0.25) is 0 Å². The monoisotopic (exact) mass is 267 g/mol. The molecule has 0 aliphatic carbocycles. The SMILES string of the molecule is CC(=O)NC(C)(C)c1noc(CC2CCOCC2)n1. The Balaban J connectivity index is 1.99. The molecule has 0 saturated carbocycles. The van der Waals surface area contributed by atoms with Crippen LogP contribution < -0.4 is 5.32 Å². The number of ether oxygens (including phenoxy) is 1. The van der Waals surface area contributed by atoms with Crippen LogP contribution in [0.4, 0.5) is 0 Å². The minimum absolute atomic E-state index is 0.110. The number of hydrogen-bond donors (Lipinski definition) is 1. The molecule has 1 aromatic heterocycles. The maximum Gasteiger partial charge on any atom is 0.227 e. The number of nitrogens with one attached hydrogen (secondary N) is 1. The number of nitrogens with zero attached hydrogens (tertiary/aromatic N) is 2. The van der Waals surface area contributed by atoms with Crippen molar-refractivity contribution in [2.45, 2.75) is 45.6 Å². The topological polar surface area (TPSA) is 77.2 Å². The molecule has 1 N–H and O–H groups in total. The molecule has 1 amide bonds. The van der Waals surface area contributed by atoms with Crippen molar-refractivity contribution in [2.24, 2.45) is 5.92 Å². The van der Waals surface area contributed by atoms with Crippen LogP contribution in [-0.4, -0.2) is 29.3 Å². The van der Waals surface area contributed by atoms with Crippen LogP contribution in [0, 0.1) is 5.92 Å². The molecule has 0 radical (unpaired) electrons. The van der Waals surface area contributed by atoms with E-state index in [0.29, 0.717) is 17.6 Å². The highest BCUT2D eigenvalue weighted by atomic mass is 16.5. The van der Waals surface area contributed by atoms with E-state index in [0.717, 1.165) is 32.5 Å². The first kappa shape index (κ1) is 14.0. The molecule has 1 aliphatic rings. The molecule has 0 atom stereocenters. The summed E-state index contributed by atoms with van der Waals surface area (Å²) in [7, 11) is 0. The van der Waals surface area contributed by atoms with Crippen LogP contribution in [0.3, 0.4) is 0 Å². The summed E-state index contributed by atoms with van der Waals surface area (Å²) in [5.74, 6) is 1.59. The average molecular weight is 267 g/mol. The molecule has 2 rings (SSSR count). The lowest BCUT2D eigenvalue weighted by molar-refractivity contribution is -0.120. The fraction of sp³-hybridized carbons (Fsp3) is 0.769. The molecular formula is C13H21N3O3. The first-order valence-corrected chi connectivity index (χ1v) is 6.67. The van der Waals surface area contributed by atoms with Gasteiger partial charge in [0.05, 0.1) is 5.54 Å². The van der Waals surface area contributed by atoms with Gasteiger partial charge in [-0.1, -0.05) is 5.16 Å². The van der Waals surface area contributed by atoms with Crippen molar-refractivity contribution in [1.29, 1.82) is 0 Å². The zero-order chi connectivity index (χ0) is 13.9. The zero-order valence-electron chi connectivity index (χ0n) is 11.7. The molecule has 0 aromatic carbocycles.